The Morgan fingerprint density at radius 3 is 2.35 bits per heavy atom. The van der Waals surface area contributed by atoms with E-state index >= 15 is 0 Å². The SMILES string of the molecule is CCCCC[C@@H](CCCC)CS(=O)(=O)c1ccccn1. The number of unbranched alkanes of at least 4 members (excludes halogenated alkanes) is 3. The zero-order valence-corrected chi connectivity index (χ0v) is 13.5. The van der Waals surface area contributed by atoms with Gasteiger partial charge >= 0.3 is 0 Å². The highest BCUT2D eigenvalue weighted by Crippen LogP contribution is 2.21. The minimum atomic E-state index is -3.24. The van der Waals surface area contributed by atoms with Crippen LogP contribution in [0.3, 0.4) is 0 Å². The van der Waals surface area contributed by atoms with Gasteiger partial charge in [-0.05, 0) is 30.9 Å². The quantitative estimate of drug-likeness (QED) is 0.607. The lowest BCUT2D eigenvalue weighted by molar-refractivity contribution is 0.444. The molecule has 1 heterocycles. The second kappa shape index (κ2) is 9.11. The van der Waals surface area contributed by atoms with Crippen LogP contribution in [0.25, 0.3) is 0 Å². The lowest BCUT2D eigenvalue weighted by Gasteiger charge is -2.16. The maximum absolute atomic E-state index is 12.4. The zero-order valence-electron chi connectivity index (χ0n) is 12.7. The molecule has 0 spiro atoms. The second-order valence-corrected chi connectivity index (χ2v) is 7.43. The molecule has 4 heteroatoms. The van der Waals surface area contributed by atoms with Gasteiger partial charge in [0.25, 0.3) is 0 Å². The molecule has 0 saturated carbocycles. The van der Waals surface area contributed by atoms with Crippen LogP contribution in [0.1, 0.15) is 58.8 Å². The summed E-state index contributed by atoms with van der Waals surface area (Å²) in [5, 5.41) is 0.219. The number of pyridine rings is 1. The smallest absolute Gasteiger partial charge is 0.195 e. The topological polar surface area (TPSA) is 47.0 Å². The number of hydrogen-bond acceptors (Lipinski definition) is 3. The van der Waals surface area contributed by atoms with Crippen LogP contribution < -0.4 is 0 Å². The van der Waals surface area contributed by atoms with Crippen molar-refractivity contribution in [1.29, 1.82) is 0 Å². The fraction of sp³-hybridized carbons (Fsp3) is 0.688. The van der Waals surface area contributed by atoms with Crippen LogP contribution in [0.5, 0.6) is 0 Å². The standard InChI is InChI=1S/C16H27NO2S/c1-3-5-7-11-15(10-6-4-2)14-20(18,19)16-12-8-9-13-17-16/h8-9,12-13,15H,3-7,10-11,14H2,1-2H3/t15-/m1/s1. The third-order valence-corrected chi connectivity index (χ3v) is 5.38. The molecular weight excluding hydrogens is 270 g/mol. The molecule has 0 aromatic carbocycles. The van der Waals surface area contributed by atoms with Gasteiger partial charge in [-0.2, -0.15) is 0 Å². The number of sulfone groups is 1. The molecule has 0 saturated heterocycles. The van der Waals surface area contributed by atoms with E-state index in [4.69, 9.17) is 0 Å². The van der Waals surface area contributed by atoms with Gasteiger partial charge in [0, 0.05) is 6.20 Å². The molecule has 114 valence electrons. The van der Waals surface area contributed by atoms with Crippen molar-refractivity contribution in [3.63, 3.8) is 0 Å². The lowest BCUT2D eigenvalue weighted by atomic mass is 9.97. The van der Waals surface area contributed by atoms with Crippen molar-refractivity contribution in [3.8, 4) is 0 Å². The van der Waals surface area contributed by atoms with E-state index < -0.39 is 9.84 Å². The van der Waals surface area contributed by atoms with Crippen LogP contribution in [-0.2, 0) is 9.84 Å². The predicted molar refractivity (Wildman–Crippen MR) is 83.4 cm³/mol. The van der Waals surface area contributed by atoms with Crippen molar-refractivity contribution in [3.05, 3.63) is 24.4 Å². The van der Waals surface area contributed by atoms with Crippen molar-refractivity contribution in [2.24, 2.45) is 5.92 Å². The number of nitrogens with zero attached hydrogens (tertiary/aromatic N) is 1. The monoisotopic (exact) mass is 297 g/mol. The van der Waals surface area contributed by atoms with Gasteiger partial charge in [-0.3, -0.25) is 0 Å². The summed E-state index contributed by atoms with van der Waals surface area (Å²) >= 11 is 0. The van der Waals surface area contributed by atoms with E-state index in [0.29, 0.717) is 0 Å². The van der Waals surface area contributed by atoms with Crippen molar-refractivity contribution in [2.75, 3.05) is 5.75 Å². The first-order valence-electron chi connectivity index (χ1n) is 7.74. The molecule has 1 atom stereocenters. The Balaban J connectivity index is 2.67. The highest BCUT2D eigenvalue weighted by Gasteiger charge is 2.21. The number of aromatic nitrogens is 1. The van der Waals surface area contributed by atoms with Crippen LogP contribution in [0.15, 0.2) is 29.4 Å². The summed E-state index contributed by atoms with van der Waals surface area (Å²) in [6.45, 7) is 4.32. The molecular formula is C16H27NO2S. The van der Waals surface area contributed by atoms with Gasteiger partial charge in [-0.25, -0.2) is 13.4 Å². The summed E-state index contributed by atoms with van der Waals surface area (Å²) in [6.07, 6.45) is 9.28. The van der Waals surface area contributed by atoms with Crippen LogP contribution in [-0.4, -0.2) is 19.2 Å². The second-order valence-electron chi connectivity index (χ2n) is 5.45. The number of rotatable bonds is 10. The Labute approximate surface area is 123 Å². The highest BCUT2D eigenvalue weighted by atomic mass is 32.2. The third-order valence-electron chi connectivity index (χ3n) is 3.59. The van der Waals surface area contributed by atoms with Crippen molar-refractivity contribution >= 4 is 9.84 Å². The maximum atomic E-state index is 12.4. The van der Waals surface area contributed by atoms with Crippen LogP contribution in [0.2, 0.25) is 0 Å². The molecule has 1 rings (SSSR count). The maximum Gasteiger partial charge on any atom is 0.195 e. The van der Waals surface area contributed by atoms with Crippen molar-refractivity contribution in [1.82, 2.24) is 4.98 Å². The van der Waals surface area contributed by atoms with E-state index in [1.807, 2.05) is 0 Å². The van der Waals surface area contributed by atoms with Gasteiger partial charge in [0.2, 0.25) is 0 Å². The van der Waals surface area contributed by atoms with Gasteiger partial charge in [-0.15, -0.1) is 0 Å². The van der Waals surface area contributed by atoms with Crippen LogP contribution in [0, 0.1) is 5.92 Å². The van der Waals surface area contributed by atoms with E-state index in [1.54, 1.807) is 24.4 Å². The first-order valence-corrected chi connectivity index (χ1v) is 9.39. The van der Waals surface area contributed by atoms with Crippen LogP contribution >= 0.6 is 0 Å². The molecule has 0 aliphatic rings. The summed E-state index contributed by atoms with van der Waals surface area (Å²) in [7, 11) is -3.24. The zero-order chi connectivity index (χ0) is 14.8. The average molecular weight is 297 g/mol. The fourth-order valence-corrected chi connectivity index (χ4v) is 4.05. The summed E-state index contributed by atoms with van der Waals surface area (Å²) in [6, 6.07) is 5.07. The van der Waals surface area contributed by atoms with Crippen molar-refractivity contribution < 1.29 is 8.42 Å². The van der Waals surface area contributed by atoms with E-state index in [1.165, 1.54) is 12.8 Å². The summed E-state index contributed by atoms with van der Waals surface area (Å²) in [5.41, 5.74) is 0. The first-order chi connectivity index (χ1) is 9.60. The summed E-state index contributed by atoms with van der Waals surface area (Å²) < 4.78 is 24.8. The molecule has 1 aromatic rings. The van der Waals surface area contributed by atoms with E-state index in [9.17, 15) is 8.42 Å². The van der Waals surface area contributed by atoms with Gasteiger partial charge < -0.3 is 0 Å². The molecule has 0 aliphatic carbocycles. The minimum Gasteiger partial charge on any atom is -0.245 e. The molecule has 0 aliphatic heterocycles. The minimum absolute atomic E-state index is 0.219. The average Bonchev–Trinajstić information content (AvgIpc) is 2.45. The molecule has 0 N–H and O–H groups in total. The van der Waals surface area contributed by atoms with Gasteiger partial charge in [-0.1, -0.05) is 52.0 Å². The molecule has 0 fully saturated rings. The van der Waals surface area contributed by atoms with E-state index in [2.05, 4.69) is 18.8 Å². The molecule has 0 bridgehead atoms. The Morgan fingerprint density at radius 1 is 1.05 bits per heavy atom. The van der Waals surface area contributed by atoms with Gasteiger partial charge in [0.15, 0.2) is 14.9 Å². The van der Waals surface area contributed by atoms with Gasteiger partial charge in [0.1, 0.15) is 0 Å². The Morgan fingerprint density at radius 2 is 1.75 bits per heavy atom. The molecule has 0 radical (unpaired) electrons. The van der Waals surface area contributed by atoms with Crippen molar-refractivity contribution in [2.45, 2.75) is 63.8 Å². The van der Waals surface area contributed by atoms with E-state index in [0.717, 1.165) is 32.1 Å². The summed E-state index contributed by atoms with van der Waals surface area (Å²) in [4.78, 5) is 3.99. The predicted octanol–water partition coefficient (Wildman–Crippen LogP) is 4.24. The summed E-state index contributed by atoms with van der Waals surface area (Å²) in [5.74, 6) is 0.516. The molecule has 0 unspecified atom stereocenters. The lowest BCUT2D eigenvalue weighted by Crippen LogP contribution is -2.17. The van der Waals surface area contributed by atoms with Crippen LogP contribution in [0.4, 0.5) is 0 Å². The highest BCUT2D eigenvalue weighted by molar-refractivity contribution is 7.91. The molecule has 1 aromatic heterocycles. The molecule has 3 nitrogen and oxygen atoms in total. The van der Waals surface area contributed by atoms with E-state index in [-0.39, 0.29) is 16.7 Å². The molecule has 20 heavy (non-hydrogen) atoms. The molecule has 0 amide bonds. The first kappa shape index (κ1) is 17.2. The Bertz CT molecular complexity index is 457. The largest absolute Gasteiger partial charge is 0.245 e. The number of hydrogen-bond donors (Lipinski definition) is 0. The Hall–Kier alpha value is -0.900. The Kier molecular flexibility index (Phi) is 7.82. The normalized spacial score (nSPS) is 13.3. The third kappa shape index (κ3) is 6.04. The fourth-order valence-electron chi connectivity index (χ4n) is 2.41. The van der Waals surface area contributed by atoms with Gasteiger partial charge in [0.05, 0.1) is 5.75 Å².